The third-order valence-corrected chi connectivity index (χ3v) is 4.06. The predicted molar refractivity (Wildman–Crippen MR) is 88.7 cm³/mol. The quantitative estimate of drug-likeness (QED) is 0.857. The summed E-state index contributed by atoms with van der Waals surface area (Å²) in [4.78, 5) is 20.7. The summed E-state index contributed by atoms with van der Waals surface area (Å²) in [6.07, 6.45) is 3.73. The number of imidazole rings is 1. The molecule has 6 nitrogen and oxygen atoms in total. The van der Waals surface area contributed by atoms with Crippen LogP contribution in [0.2, 0.25) is 0 Å². The Kier molecular flexibility index (Phi) is 4.50. The van der Waals surface area contributed by atoms with Crippen molar-refractivity contribution in [2.24, 2.45) is 7.05 Å². The number of nitrogens with zero attached hydrogens (tertiary/aromatic N) is 4. The average Bonchev–Trinajstić information content (AvgIpc) is 2.99. The summed E-state index contributed by atoms with van der Waals surface area (Å²) in [5.74, 6) is 1.73. The fourth-order valence-corrected chi connectivity index (χ4v) is 2.76. The van der Waals surface area contributed by atoms with Gasteiger partial charge in [0.25, 0.3) is 5.91 Å². The monoisotopic (exact) mass is 314 g/mol. The van der Waals surface area contributed by atoms with E-state index in [0.29, 0.717) is 13.1 Å². The minimum atomic E-state index is 0.0333. The van der Waals surface area contributed by atoms with Gasteiger partial charge in [0.2, 0.25) is 5.95 Å². The minimum absolute atomic E-state index is 0.0333. The van der Waals surface area contributed by atoms with E-state index in [2.05, 4.69) is 9.88 Å². The average molecular weight is 314 g/mol. The lowest BCUT2D eigenvalue weighted by Gasteiger charge is -2.35. The molecule has 0 aliphatic carbocycles. The van der Waals surface area contributed by atoms with Gasteiger partial charge in [-0.1, -0.05) is 12.1 Å². The van der Waals surface area contributed by atoms with Crippen LogP contribution in [0.3, 0.4) is 0 Å². The van der Waals surface area contributed by atoms with E-state index in [9.17, 15) is 4.79 Å². The van der Waals surface area contributed by atoms with Gasteiger partial charge >= 0.3 is 0 Å². The van der Waals surface area contributed by atoms with Crippen LogP contribution in [0.4, 0.5) is 5.95 Å². The van der Waals surface area contributed by atoms with E-state index in [1.807, 2.05) is 53.9 Å². The maximum Gasteiger partial charge on any atom is 0.260 e. The normalized spacial score (nSPS) is 14.9. The van der Waals surface area contributed by atoms with E-state index in [0.717, 1.165) is 30.4 Å². The van der Waals surface area contributed by atoms with Crippen LogP contribution in [-0.2, 0) is 11.8 Å². The molecule has 0 bridgehead atoms. The third-order valence-electron chi connectivity index (χ3n) is 4.06. The molecule has 122 valence electrons. The van der Waals surface area contributed by atoms with Crippen molar-refractivity contribution in [3.8, 4) is 5.75 Å². The Morgan fingerprint density at radius 1 is 1.26 bits per heavy atom. The zero-order valence-corrected chi connectivity index (χ0v) is 13.6. The van der Waals surface area contributed by atoms with E-state index in [1.165, 1.54) is 0 Å². The molecule has 0 saturated carbocycles. The van der Waals surface area contributed by atoms with Crippen molar-refractivity contribution in [2.45, 2.75) is 6.92 Å². The van der Waals surface area contributed by atoms with Crippen molar-refractivity contribution < 1.29 is 9.53 Å². The fourth-order valence-electron chi connectivity index (χ4n) is 2.76. The number of amides is 1. The van der Waals surface area contributed by atoms with Crippen molar-refractivity contribution in [1.29, 1.82) is 0 Å². The van der Waals surface area contributed by atoms with Gasteiger partial charge in [-0.15, -0.1) is 0 Å². The first-order chi connectivity index (χ1) is 11.1. The summed E-state index contributed by atoms with van der Waals surface area (Å²) in [6, 6.07) is 7.75. The molecule has 2 aromatic rings. The fraction of sp³-hybridized carbons (Fsp3) is 0.412. The molecule has 1 amide bonds. The lowest BCUT2D eigenvalue weighted by molar-refractivity contribution is -0.133. The van der Waals surface area contributed by atoms with Crippen LogP contribution in [0.1, 0.15) is 5.56 Å². The van der Waals surface area contributed by atoms with Gasteiger partial charge in [-0.3, -0.25) is 4.79 Å². The Labute approximate surface area is 136 Å². The summed E-state index contributed by atoms with van der Waals surface area (Å²) in [5.41, 5.74) is 1.12. The molecule has 23 heavy (non-hydrogen) atoms. The summed E-state index contributed by atoms with van der Waals surface area (Å²) < 4.78 is 7.60. The number of hydrogen-bond donors (Lipinski definition) is 0. The second kappa shape index (κ2) is 6.73. The molecule has 1 aliphatic heterocycles. The molecule has 1 aliphatic rings. The first-order valence-electron chi connectivity index (χ1n) is 7.83. The second-order valence-corrected chi connectivity index (χ2v) is 5.81. The predicted octanol–water partition coefficient (Wildman–Crippen LogP) is 1.46. The molecular weight excluding hydrogens is 292 g/mol. The van der Waals surface area contributed by atoms with E-state index in [1.54, 1.807) is 6.20 Å². The molecule has 0 radical (unpaired) electrons. The highest BCUT2D eigenvalue weighted by Gasteiger charge is 2.23. The minimum Gasteiger partial charge on any atom is -0.484 e. The molecular formula is C17H22N4O2. The molecule has 2 heterocycles. The van der Waals surface area contributed by atoms with E-state index in [4.69, 9.17) is 4.74 Å². The van der Waals surface area contributed by atoms with Gasteiger partial charge in [-0.2, -0.15) is 0 Å². The van der Waals surface area contributed by atoms with E-state index in [-0.39, 0.29) is 12.5 Å². The van der Waals surface area contributed by atoms with Crippen molar-refractivity contribution in [3.05, 3.63) is 42.2 Å². The third kappa shape index (κ3) is 3.64. The number of carbonyl (C=O) groups excluding carboxylic acids is 1. The molecule has 0 N–H and O–H groups in total. The van der Waals surface area contributed by atoms with Gasteiger partial charge in [-0.05, 0) is 24.6 Å². The lowest BCUT2D eigenvalue weighted by atomic mass is 10.2. The Morgan fingerprint density at radius 2 is 2.04 bits per heavy atom. The molecule has 0 atom stereocenters. The summed E-state index contributed by atoms with van der Waals surface area (Å²) >= 11 is 0. The van der Waals surface area contributed by atoms with Gasteiger partial charge < -0.3 is 19.1 Å². The smallest absolute Gasteiger partial charge is 0.260 e. The summed E-state index contributed by atoms with van der Waals surface area (Å²) in [5, 5.41) is 0. The lowest BCUT2D eigenvalue weighted by Crippen LogP contribution is -2.50. The number of hydrogen-bond acceptors (Lipinski definition) is 4. The Bertz CT molecular complexity index is 675. The molecule has 0 spiro atoms. The maximum absolute atomic E-state index is 12.3. The van der Waals surface area contributed by atoms with Crippen molar-refractivity contribution >= 4 is 11.9 Å². The standard InChI is InChI=1S/C17H22N4O2/c1-14-4-3-5-15(12-14)23-13-16(22)20-8-10-21(11-9-20)17-18-6-7-19(17)2/h3-7,12H,8-11,13H2,1-2H3. The molecule has 3 rings (SSSR count). The first-order valence-corrected chi connectivity index (χ1v) is 7.83. The molecule has 0 unspecified atom stereocenters. The number of aryl methyl sites for hydroxylation is 2. The van der Waals surface area contributed by atoms with Gasteiger partial charge in [-0.25, -0.2) is 4.98 Å². The first kappa shape index (κ1) is 15.4. The van der Waals surface area contributed by atoms with E-state index >= 15 is 0 Å². The van der Waals surface area contributed by atoms with Crippen LogP contribution >= 0.6 is 0 Å². The largest absolute Gasteiger partial charge is 0.484 e. The zero-order valence-electron chi connectivity index (χ0n) is 13.6. The van der Waals surface area contributed by atoms with Crippen molar-refractivity contribution in [1.82, 2.24) is 14.5 Å². The summed E-state index contributed by atoms with van der Waals surface area (Å²) in [6.45, 7) is 5.07. The number of rotatable bonds is 4. The van der Waals surface area contributed by atoms with Crippen molar-refractivity contribution in [3.63, 3.8) is 0 Å². The SMILES string of the molecule is Cc1cccc(OCC(=O)N2CCN(c3nccn3C)CC2)c1. The Morgan fingerprint density at radius 3 is 2.70 bits per heavy atom. The van der Waals surface area contributed by atoms with Crippen molar-refractivity contribution in [2.75, 3.05) is 37.7 Å². The molecule has 1 saturated heterocycles. The number of aromatic nitrogens is 2. The van der Waals surface area contributed by atoms with Gasteiger partial charge in [0.05, 0.1) is 0 Å². The molecule has 6 heteroatoms. The molecule has 1 fully saturated rings. The second-order valence-electron chi connectivity index (χ2n) is 5.81. The highest BCUT2D eigenvalue weighted by molar-refractivity contribution is 5.78. The zero-order chi connectivity index (χ0) is 16.2. The number of anilines is 1. The van der Waals surface area contributed by atoms with Crippen LogP contribution in [0, 0.1) is 6.92 Å². The number of ether oxygens (including phenoxy) is 1. The molecule has 1 aromatic carbocycles. The van der Waals surface area contributed by atoms with Gasteiger partial charge in [0, 0.05) is 45.6 Å². The van der Waals surface area contributed by atoms with E-state index < -0.39 is 0 Å². The number of benzene rings is 1. The summed E-state index contributed by atoms with van der Waals surface area (Å²) in [7, 11) is 1.98. The van der Waals surface area contributed by atoms with Crippen LogP contribution in [-0.4, -0.2) is 53.1 Å². The van der Waals surface area contributed by atoms with Crippen LogP contribution in [0.15, 0.2) is 36.7 Å². The topological polar surface area (TPSA) is 50.6 Å². The number of piperazine rings is 1. The number of carbonyl (C=O) groups is 1. The van der Waals surface area contributed by atoms with Gasteiger partial charge in [0.1, 0.15) is 5.75 Å². The van der Waals surface area contributed by atoms with Crippen LogP contribution in [0.5, 0.6) is 5.75 Å². The Hall–Kier alpha value is -2.50. The molecule has 1 aromatic heterocycles. The van der Waals surface area contributed by atoms with Gasteiger partial charge in [0.15, 0.2) is 6.61 Å². The highest BCUT2D eigenvalue weighted by Crippen LogP contribution is 2.14. The highest BCUT2D eigenvalue weighted by atomic mass is 16.5. The maximum atomic E-state index is 12.3. The Balaban J connectivity index is 1.49. The van der Waals surface area contributed by atoms with Crippen LogP contribution < -0.4 is 9.64 Å². The van der Waals surface area contributed by atoms with Crippen LogP contribution in [0.25, 0.3) is 0 Å².